The van der Waals surface area contributed by atoms with Crippen LogP contribution in [0.1, 0.15) is 19.4 Å². The van der Waals surface area contributed by atoms with Gasteiger partial charge in [-0.15, -0.1) is 11.8 Å². The van der Waals surface area contributed by atoms with E-state index in [0.29, 0.717) is 6.04 Å². The maximum absolute atomic E-state index is 11.4. The fourth-order valence-electron chi connectivity index (χ4n) is 2.07. The SMILES string of the molecule is CC(C)NCc1cccc(SCCN2CCNC2=O)c1. The Balaban J connectivity index is 1.77. The van der Waals surface area contributed by atoms with Gasteiger partial charge in [-0.25, -0.2) is 4.79 Å². The summed E-state index contributed by atoms with van der Waals surface area (Å²) in [6.45, 7) is 7.63. The summed E-state index contributed by atoms with van der Waals surface area (Å²) >= 11 is 1.81. The number of thioether (sulfide) groups is 1. The van der Waals surface area contributed by atoms with E-state index in [4.69, 9.17) is 0 Å². The van der Waals surface area contributed by atoms with E-state index in [9.17, 15) is 4.79 Å². The summed E-state index contributed by atoms with van der Waals surface area (Å²) in [7, 11) is 0. The van der Waals surface area contributed by atoms with Crippen molar-refractivity contribution in [2.24, 2.45) is 0 Å². The third-order valence-corrected chi connectivity index (χ3v) is 4.16. The van der Waals surface area contributed by atoms with Crippen LogP contribution in [0.15, 0.2) is 29.2 Å². The number of nitrogens with one attached hydrogen (secondary N) is 2. The molecule has 1 aromatic carbocycles. The van der Waals surface area contributed by atoms with Gasteiger partial charge in [-0.1, -0.05) is 26.0 Å². The first kappa shape index (κ1) is 15.2. The molecule has 1 aromatic rings. The monoisotopic (exact) mass is 293 g/mol. The molecule has 1 saturated heterocycles. The Morgan fingerprint density at radius 3 is 3.00 bits per heavy atom. The zero-order valence-electron chi connectivity index (χ0n) is 12.2. The van der Waals surface area contributed by atoms with Gasteiger partial charge in [-0.3, -0.25) is 0 Å². The van der Waals surface area contributed by atoms with Crippen LogP contribution in [0.3, 0.4) is 0 Å². The van der Waals surface area contributed by atoms with Gasteiger partial charge in [0.05, 0.1) is 0 Å². The van der Waals surface area contributed by atoms with Crippen molar-refractivity contribution in [3.05, 3.63) is 29.8 Å². The number of hydrogen-bond acceptors (Lipinski definition) is 3. The van der Waals surface area contributed by atoms with Crippen LogP contribution in [0.2, 0.25) is 0 Å². The molecule has 4 nitrogen and oxygen atoms in total. The molecule has 1 fully saturated rings. The third-order valence-electron chi connectivity index (χ3n) is 3.19. The molecule has 0 saturated carbocycles. The highest BCUT2D eigenvalue weighted by atomic mass is 32.2. The Labute approximate surface area is 125 Å². The second kappa shape index (κ2) is 7.55. The predicted molar refractivity (Wildman–Crippen MR) is 84.1 cm³/mol. The lowest BCUT2D eigenvalue weighted by Crippen LogP contribution is -2.30. The molecule has 0 aromatic heterocycles. The average molecular weight is 293 g/mol. The van der Waals surface area contributed by atoms with Crippen molar-refractivity contribution in [1.29, 1.82) is 0 Å². The highest BCUT2D eigenvalue weighted by molar-refractivity contribution is 7.99. The molecule has 1 heterocycles. The zero-order valence-corrected chi connectivity index (χ0v) is 13.0. The number of carbonyl (C=O) groups is 1. The number of benzene rings is 1. The van der Waals surface area contributed by atoms with E-state index in [1.165, 1.54) is 10.5 Å². The molecule has 0 atom stereocenters. The molecule has 110 valence electrons. The second-order valence-corrected chi connectivity index (χ2v) is 6.42. The van der Waals surface area contributed by atoms with Gasteiger partial charge in [0, 0.05) is 42.9 Å². The molecule has 0 bridgehead atoms. The molecule has 1 aliphatic heterocycles. The maximum Gasteiger partial charge on any atom is 0.317 e. The van der Waals surface area contributed by atoms with Crippen molar-refractivity contribution in [1.82, 2.24) is 15.5 Å². The van der Waals surface area contributed by atoms with Crippen molar-refractivity contribution in [3.63, 3.8) is 0 Å². The first-order valence-corrected chi connectivity index (χ1v) is 8.11. The number of nitrogens with zero attached hydrogens (tertiary/aromatic N) is 1. The van der Waals surface area contributed by atoms with E-state index < -0.39 is 0 Å². The van der Waals surface area contributed by atoms with E-state index in [0.717, 1.165) is 31.9 Å². The highest BCUT2D eigenvalue weighted by Gasteiger charge is 2.18. The standard InChI is InChI=1S/C15H23N3OS/c1-12(2)17-11-13-4-3-5-14(10-13)20-9-8-18-7-6-16-15(18)19/h3-5,10,12,17H,6-9,11H2,1-2H3,(H,16,19). The Morgan fingerprint density at radius 2 is 2.30 bits per heavy atom. The third kappa shape index (κ3) is 4.72. The van der Waals surface area contributed by atoms with E-state index in [1.807, 2.05) is 16.7 Å². The number of carbonyl (C=O) groups excluding carboxylic acids is 1. The molecule has 1 aliphatic rings. The van der Waals surface area contributed by atoms with Gasteiger partial charge >= 0.3 is 6.03 Å². The molecule has 5 heteroatoms. The second-order valence-electron chi connectivity index (χ2n) is 5.25. The summed E-state index contributed by atoms with van der Waals surface area (Å²) in [4.78, 5) is 14.6. The summed E-state index contributed by atoms with van der Waals surface area (Å²) in [5.74, 6) is 0.939. The van der Waals surface area contributed by atoms with Crippen molar-refractivity contribution < 1.29 is 4.79 Å². The first-order chi connectivity index (χ1) is 9.65. The summed E-state index contributed by atoms with van der Waals surface area (Å²) in [6, 6.07) is 9.17. The molecular formula is C15H23N3OS. The molecule has 2 amide bonds. The van der Waals surface area contributed by atoms with Crippen molar-refractivity contribution >= 4 is 17.8 Å². The van der Waals surface area contributed by atoms with Gasteiger partial charge in [0.15, 0.2) is 0 Å². The largest absolute Gasteiger partial charge is 0.336 e. The molecule has 0 aliphatic carbocycles. The molecule has 0 radical (unpaired) electrons. The Hall–Kier alpha value is -1.20. The minimum atomic E-state index is 0.0699. The van der Waals surface area contributed by atoms with Gasteiger partial charge in [-0.2, -0.15) is 0 Å². The quantitative estimate of drug-likeness (QED) is 0.758. The van der Waals surface area contributed by atoms with Crippen molar-refractivity contribution in [2.45, 2.75) is 31.3 Å². The Bertz CT molecular complexity index is 450. The van der Waals surface area contributed by atoms with Crippen LogP contribution in [0.25, 0.3) is 0 Å². The smallest absolute Gasteiger partial charge is 0.317 e. The van der Waals surface area contributed by atoms with E-state index in [1.54, 1.807) is 0 Å². The van der Waals surface area contributed by atoms with Crippen LogP contribution in [-0.2, 0) is 6.54 Å². The van der Waals surface area contributed by atoms with Crippen molar-refractivity contribution in [3.8, 4) is 0 Å². The van der Waals surface area contributed by atoms with E-state index in [2.05, 4.69) is 48.7 Å². The minimum absolute atomic E-state index is 0.0699. The molecule has 20 heavy (non-hydrogen) atoms. The van der Waals surface area contributed by atoms with Gasteiger partial charge in [0.1, 0.15) is 0 Å². The zero-order chi connectivity index (χ0) is 14.4. The van der Waals surface area contributed by atoms with Crippen LogP contribution in [0.5, 0.6) is 0 Å². The predicted octanol–water partition coefficient (Wildman–Crippen LogP) is 2.30. The normalized spacial score (nSPS) is 14.9. The first-order valence-electron chi connectivity index (χ1n) is 7.13. The molecule has 2 rings (SSSR count). The lowest BCUT2D eigenvalue weighted by molar-refractivity contribution is 0.220. The Kier molecular flexibility index (Phi) is 5.73. The average Bonchev–Trinajstić information content (AvgIpc) is 2.83. The molecular weight excluding hydrogens is 270 g/mol. The van der Waals surface area contributed by atoms with Gasteiger partial charge in [0.25, 0.3) is 0 Å². The summed E-state index contributed by atoms with van der Waals surface area (Å²) in [6.07, 6.45) is 0. The fourth-order valence-corrected chi connectivity index (χ4v) is 3.02. The summed E-state index contributed by atoms with van der Waals surface area (Å²) < 4.78 is 0. The number of amides is 2. The van der Waals surface area contributed by atoms with Crippen LogP contribution in [0, 0.1) is 0 Å². The van der Waals surface area contributed by atoms with Crippen LogP contribution in [0.4, 0.5) is 4.79 Å². The fraction of sp³-hybridized carbons (Fsp3) is 0.533. The van der Waals surface area contributed by atoms with Crippen LogP contribution >= 0.6 is 11.8 Å². The lowest BCUT2D eigenvalue weighted by Gasteiger charge is -2.13. The van der Waals surface area contributed by atoms with Crippen molar-refractivity contribution in [2.75, 3.05) is 25.4 Å². The summed E-state index contributed by atoms with van der Waals surface area (Å²) in [5.41, 5.74) is 1.31. The molecule has 0 spiro atoms. The maximum atomic E-state index is 11.4. The number of hydrogen-bond donors (Lipinski definition) is 2. The van der Waals surface area contributed by atoms with E-state index in [-0.39, 0.29) is 6.03 Å². The Morgan fingerprint density at radius 1 is 1.45 bits per heavy atom. The number of rotatable bonds is 7. The van der Waals surface area contributed by atoms with Crippen LogP contribution in [-0.4, -0.2) is 42.4 Å². The van der Waals surface area contributed by atoms with Crippen LogP contribution < -0.4 is 10.6 Å². The highest BCUT2D eigenvalue weighted by Crippen LogP contribution is 2.19. The minimum Gasteiger partial charge on any atom is -0.336 e. The van der Waals surface area contributed by atoms with Gasteiger partial charge < -0.3 is 15.5 Å². The molecule has 0 unspecified atom stereocenters. The molecule has 2 N–H and O–H groups in total. The topological polar surface area (TPSA) is 44.4 Å². The lowest BCUT2D eigenvalue weighted by atomic mass is 10.2. The van der Waals surface area contributed by atoms with Gasteiger partial charge in [-0.05, 0) is 17.7 Å². The van der Waals surface area contributed by atoms with E-state index >= 15 is 0 Å². The summed E-state index contributed by atoms with van der Waals surface area (Å²) in [5, 5.41) is 6.25. The number of urea groups is 1. The van der Waals surface area contributed by atoms with Gasteiger partial charge in [0.2, 0.25) is 0 Å².